The van der Waals surface area contributed by atoms with Crippen LogP contribution in [0.25, 0.3) is 0 Å². The van der Waals surface area contributed by atoms with Crippen molar-refractivity contribution < 1.29 is 0 Å². The molecule has 1 N–H and O–H groups in total. The number of benzene rings is 1. The predicted octanol–water partition coefficient (Wildman–Crippen LogP) is 4.25. The molecule has 0 aliphatic heterocycles. The highest BCUT2D eigenvalue weighted by atomic mass is 79.9. The van der Waals surface area contributed by atoms with E-state index in [0.717, 1.165) is 30.7 Å². The lowest BCUT2D eigenvalue weighted by molar-refractivity contribution is 0.322. The highest BCUT2D eigenvalue weighted by molar-refractivity contribution is 9.10. The minimum Gasteiger partial charge on any atom is -0.312 e. The van der Waals surface area contributed by atoms with Crippen molar-refractivity contribution >= 4 is 27.3 Å². The molecule has 0 aliphatic carbocycles. The number of halogens is 1. The van der Waals surface area contributed by atoms with Gasteiger partial charge in [-0.3, -0.25) is 4.90 Å². The van der Waals surface area contributed by atoms with Crippen molar-refractivity contribution in [2.45, 2.75) is 26.6 Å². The van der Waals surface area contributed by atoms with Gasteiger partial charge in [0.2, 0.25) is 0 Å². The number of nitrogens with one attached hydrogen (secondary N) is 1. The average molecular weight is 353 g/mol. The fourth-order valence-corrected chi connectivity index (χ4v) is 3.41. The molecule has 0 saturated heterocycles. The second-order valence-corrected chi connectivity index (χ2v) is 7.12. The van der Waals surface area contributed by atoms with Crippen molar-refractivity contribution in [2.75, 3.05) is 13.6 Å². The Morgan fingerprint density at radius 1 is 1.05 bits per heavy atom. The van der Waals surface area contributed by atoms with Gasteiger partial charge in [-0.2, -0.15) is 0 Å². The molecule has 0 atom stereocenters. The molecule has 0 aliphatic rings. The van der Waals surface area contributed by atoms with Crippen LogP contribution in [0.5, 0.6) is 0 Å². The highest BCUT2D eigenvalue weighted by Gasteiger charge is 2.05. The summed E-state index contributed by atoms with van der Waals surface area (Å²) in [6.45, 7) is 6.13. The van der Waals surface area contributed by atoms with Crippen LogP contribution >= 0.6 is 27.3 Å². The zero-order valence-corrected chi connectivity index (χ0v) is 14.4. The van der Waals surface area contributed by atoms with Crippen LogP contribution in [0.15, 0.2) is 40.9 Å². The summed E-state index contributed by atoms with van der Waals surface area (Å²) in [4.78, 5) is 5.20. The number of nitrogens with zero attached hydrogens (tertiary/aromatic N) is 1. The normalized spacial score (nSPS) is 11.2. The third-order valence-electron chi connectivity index (χ3n) is 3.06. The molecule has 0 fully saturated rings. The van der Waals surface area contributed by atoms with Crippen molar-refractivity contribution in [1.82, 2.24) is 10.2 Å². The summed E-state index contributed by atoms with van der Waals surface area (Å²) in [5, 5.41) is 3.37. The van der Waals surface area contributed by atoms with Gasteiger partial charge in [0.15, 0.2) is 0 Å². The standard InChI is InChI=1S/C16H21BrN2S/c1-3-18-10-15-8-9-16(20-15)12-19(2)11-13-4-6-14(17)7-5-13/h4-9,18H,3,10-12H2,1-2H3. The third-order valence-corrected chi connectivity index (χ3v) is 4.66. The van der Waals surface area contributed by atoms with E-state index in [9.17, 15) is 0 Å². The van der Waals surface area contributed by atoms with Crippen LogP contribution in [0.4, 0.5) is 0 Å². The first-order valence-electron chi connectivity index (χ1n) is 6.88. The minimum atomic E-state index is 0.980. The van der Waals surface area contributed by atoms with Crippen molar-refractivity contribution in [1.29, 1.82) is 0 Å². The lowest BCUT2D eigenvalue weighted by Gasteiger charge is -2.15. The molecule has 0 amide bonds. The van der Waals surface area contributed by atoms with Crippen LogP contribution < -0.4 is 5.32 Å². The molecule has 1 heterocycles. The van der Waals surface area contributed by atoms with Gasteiger partial charge < -0.3 is 5.32 Å². The van der Waals surface area contributed by atoms with E-state index in [1.165, 1.54) is 15.3 Å². The van der Waals surface area contributed by atoms with Gasteiger partial charge in [0.25, 0.3) is 0 Å². The van der Waals surface area contributed by atoms with Crippen molar-refractivity contribution in [3.63, 3.8) is 0 Å². The Hall–Kier alpha value is -0.680. The van der Waals surface area contributed by atoms with Crippen molar-refractivity contribution in [3.05, 3.63) is 56.2 Å². The highest BCUT2D eigenvalue weighted by Crippen LogP contribution is 2.19. The predicted molar refractivity (Wildman–Crippen MR) is 91.0 cm³/mol. The van der Waals surface area contributed by atoms with Crippen LogP contribution in [0.2, 0.25) is 0 Å². The Kier molecular flexibility index (Phi) is 6.23. The van der Waals surface area contributed by atoms with Crippen LogP contribution in [0, 0.1) is 0 Å². The Bertz CT molecular complexity index is 522. The summed E-state index contributed by atoms with van der Waals surface area (Å²) in [5.74, 6) is 0. The number of thiophene rings is 1. The van der Waals surface area contributed by atoms with E-state index in [2.05, 4.69) is 76.5 Å². The van der Waals surface area contributed by atoms with Gasteiger partial charge in [0.05, 0.1) is 0 Å². The fourth-order valence-electron chi connectivity index (χ4n) is 2.07. The zero-order valence-electron chi connectivity index (χ0n) is 12.0. The van der Waals surface area contributed by atoms with Gasteiger partial charge in [0, 0.05) is 33.9 Å². The largest absolute Gasteiger partial charge is 0.312 e. The molecule has 0 bridgehead atoms. The van der Waals surface area contributed by atoms with E-state index < -0.39 is 0 Å². The van der Waals surface area contributed by atoms with E-state index in [1.54, 1.807) is 0 Å². The topological polar surface area (TPSA) is 15.3 Å². The number of rotatable bonds is 7. The molecule has 2 nitrogen and oxygen atoms in total. The maximum Gasteiger partial charge on any atom is 0.0328 e. The van der Waals surface area contributed by atoms with Gasteiger partial charge in [-0.15, -0.1) is 11.3 Å². The van der Waals surface area contributed by atoms with E-state index in [0.29, 0.717) is 0 Å². The Balaban J connectivity index is 1.86. The Morgan fingerprint density at radius 2 is 1.75 bits per heavy atom. The third kappa shape index (κ3) is 5.02. The SMILES string of the molecule is CCNCc1ccc(CN(C)Cc2ccc(Br)cc2)s1. The maximum atomic E-state index is 3.47. The fraction of sp³-hybridized carbons (Fsp3) is 0.375. The van der Waals surface area contributed by atoms with Gasteiger partial charge >= 0.3 is 0 Å². The maximum absolute atomic E-state index is 3.47. The first kappa shape index (κ1) is 15.7. The Morgan fingerprint density at radius 3 is 2.45 bits per heavy atom. The van der Waals surface area contributed by atoms with Crippen molar-refractivity contribution in [2.24, 2.45) is 0 Å². The van der Waals surface area contributed by atoms with Gasteiger partial charge in [-0.1, -0.05) is 35.0 Å². The summed E-state index contributed by atoms with van der Waals surface area (Å²) >= 11 is 5.37. The average Bonchev–Trinajstić information content (AvgIpc) is 2.86. The summed E-state index contributed by atoms with van der Waals surface area (Å²) in [5.41, 5.74) is 1.35. The Labute approximate surface area is 133 Å². The molecule has 108 valence electrons. The second kappa shape index (κ2) is 7.93. The number of hydrogen-bond donors (Lipinski definition) is 1. The lowest BCUT2D eigenvalue weighted by Crippen LogP contribution is -2.16. The van der Waals surface area contributed by atoms with Crippen LogP contribution in [0.1, 0.15) is 22.2 Å². The molecule has 2 rings (SSSR count). The first-order valence-corrected chi connectivity index (χ1v) is 8.49. The molecule has 2 aromatic rings. The van der Waals surface area contributed by atoms with Gasteiger partial charge in [0.1, 0.15) is 0 Å². The summed E-state index contributed by atoms with van der Waals surface area (Å²) in [6, 6.07) is 13.0. The second-order valence-electron chi connectivity index (χ2n) is 4.95. The van der Waals surface area contributed by atoms with Gasteiger partial charge in [-0.25, -0.2) is 0 Å². The van der Waals surface area contributed by atoms with Gasteiger partial charge in [-0.05, 0) is 43.4 Å². The molecule has 1 aromatic carbocycles. The molecular formula is C16H21BrN2S. The lowest BCUT2D eigenvalue weighted by atomic mass is 10.2. The van der Waals surface area contributed by atoms with E-state index in [-0.39, 0.29) is 0 Å². The summed E-state index contributed by atoms with van der Waals surface area (Å²) in [7, 11) is 2.17. The zero-order chi connectivity index (χ0) is 14.4. The summed E-state index contributed by atoms with van der Waals surface area (Å²) in [6.07, 6.45) is 0. The molecule has 1 aromatic heterocycles. The molecule has 4 heteroatoms. The number of hydrogen-bond acceptors (Lipinski definition) is 3. The molecule has 0 spiro atoms. The molecule has 0 unspecified atom stereocenters. The monoisotopic (exact) mass is 352 g/mol. The van der Waals surface area contributed by atoms with Crippen molar-refractivity contribution in [3.8, 4) is 0 Å². The minimum absolute atomic E-state index is 0.980. The van der Waals surface area contributed by atoms with Crippen LogP contribution in [-0.4, -0.2) is 18.5 Å². The molecule has 0 radical (unpaired) electrons. The molecule has 0 saturated carbocycles. The first-order chi connectivity index (χ1) is 9.67. The van der Waals surface area contributed by atoms with E-state index in [1.807, 2.05) is 11.3 Å². The summed E-state index contributed by atoms with van der Waals surface area (Å²) < 4.78 is 1.13. The smallest absolute Gasteiger partial charge is 0.0328 e. The van der Waals surface area contributed by atoms with Crippen LogP contribution in [0.3, 0.4) is 0 Å². The quantitative estimate of drug-likeness (QED) is 0.801. The van der Waals surface area contributed by atoms with E-state index >= 15 is 0 Å². The molecule has 20 heavy (non-hydrogen) atoms. The van der Waals surface area contributed by atoms with Crippen LogP contribution in [-0.2, 0) is 19.6 Å². The molecular weight excluding hydrogens is 332 g/mol. The van der Waals surface area contributed by atoms with E-state index in [4.69, 9.17) is 0 Å².